The molecule has 0 bridgehead atoms. The van der Waals surface area contributed by atoms with Crippen molar-refractivity contribution in [3.05, 3.63) is 55.6 Å². The van der Waals surface area contributed by atoms with Gasteiger partial charge in [-0.1, -0.05) is 23.7 Å². The third-order valence-corrected chi connectivity index (χ3v) is 6.01. The van der Waals surface area contributed by atoms with Gasteiger partial charge >= 0.3 is 0 Å². The maximum absolute atomic E-state index is 6.23. The molecule has 0 amide bonds. The lowest BCUT2D eigenvalue weighted by Gasteiger charge is -2.30. The molecule has 0 fully saturated rings. The zero-order valence-electron chi connectivity index (χ0n) is 10.0. The second-order valence-electron chi connectivity index (χ2n) is 4.44. The fraction of sp³-hybridized carbons (Fsp3) is 0.286. The summed E-state index contributed by atoms with van der Waals surface area (Å²) in [6.07, 6.45) is 0.831. The van der Waals surface area contributed by atoms with Gasteiger partial charge < -0.3 is 0 Å². The Bertz CT molecular complexity index is 532. The molecular weight excluding hydrogens is 386 g/mol. The predicted octanol–water partition coefficient (Wildman–Crippen LogP) is 6.12. The molecule has 0 saturated carbocycles. The van der Waals surface area contributed by atoms with Gasteiger partial charge in [0.2, 0.25) is 0 Å². The molecule has 2 aromatic rings. The van der Waals surface area contributed by atoms with Gasteiger partial charge in [0.15, 0.2) is 0 Å². The monoisotopic (exact) mass is 396 g/mol. The first-order valence-corrected chi connectivity index (χ1v) is 8.77. The van der Waals surface area contributed by atoms with Crippen molar-refractivity contribution in [3.63, 3.8) is 0 Å². The molecule has 0 nitrogen and oxygen atoms in total. The highest BCUT2D eigenvalue weighted by atomic mass is 79.9. The maximum atomic E-state index is 6.23. The minimum Gasteiger partial charge on any atom is -0.133 e. The fourth-order valence-corrected chi connectivity index (χ4v) is 4.51. The Labute approximate surface area is 140 Å². The largest absolute Gasteiger partial charge is 0.133 e. The lowest BCUT2D eigenvalue weighted by atomic mass is 9.80. The Balaban J connectivity index is 2.33. The van der Waals surface area contributed by atoms with Crippen LogP contribution in [0, 0.1) is 0 Å². The Morgan fingerprint density at radius 1 is 1.00 bits per heavy atom. The molecular formula is C14H12BrCl3S. The van der Waals surface area contributed by atoms with E-state index in [0.29, 0.717) is 11.8 Å². The zero-order valence-corrected chi connectivity index (χ0v) is 14.7. The summed E-state index contributed by atoms with van der Waals surface area (Å²) in [7, 11) is 0. The molecule has 1 aromatic carbocycles. The molecule has 2 rings (SSSR count). The van der Waals surface area contributed by atoms with E-state index in [4.69, 9.17) is 34.8 Å². The quantitative estimate of drug-likeness (QED) is 0.532. The van der Waals surface area contributed by atoms with Crippen molar-refractivity contribution in [1.29, 1.82) is 0 Å². The normalized spacial score (nSPS) is 11.8. The molecule has 1 heterocycles. The first-order chi connectivity index (χ1) is 9.09. The molecule has 102 valence electrons. The maximum Gasteiger partial charge on any atom is 0.0701 e. The van der Waals surface area contributed by atoms with Crippen molar-refractivity contribution in [1.82, 2.24) is 0 Å². The van der Waals surface area contributed by atoms with Gasteiger partial charge in [0.05, 0.1) is 3.79 Å². The average Bonchev–Trinajstić information content (AvgIpc) is 2.82. The molecule has 0 unspecified atom stereocenters. The van der Waals surface area contributed by atoms with Crippen molar-refractivity contribution >= 4 is 62.1 Å². The number of alkyl halides is 2. The lowest BCUT2D eigenvalue weighted by molar-refractivity contribution is 0.541. The summed E-state index contributed by atoms with van der Waals surface area (Å²) in [5.74, 6) is 0.960. The topological polar surface area (TPSA) is 0 Å². The smallest absolute Gasteiger partial charge is 0.0701 e. The minimum atomic E-state index is -0.252. The molecule has 19 heavy (non-hydrogen) atoms. The molecule has 5 heteroatoms. The van der Waals surface area contributed by atoms with Crippen molar-refractivity contribution in [3.8, 4) is 0 Å². The summed E-state index contributed by atoms with van der Waals surface area (Å²) in [5, 5.41) is 0.723. The Morgan fingerprint density at radius 2 is 1.63 bits per heavy atom. The van der Waals surface area contributed by atoms with Gasteiger partial charge in [-0.25, -0.2) is 0 Å². The van der Waals surface area contributed by atoms with E-state index in [0.717, 1.165) is 20.8 Å². The Morgan fingerprint density at radius 3 is 2.11 bits per heavy atom. The van der Waals surface area contributed by atoms with Crippen LogP contribution in [-0.2, 0) is 11.8 Å². The molecule has 0 aliphatic carbocycles. The summed E-state index contributed by atoms with van der Waals surface area (Å²) >= 11 is 23.6. The zero-order chi connectivity index (χ0) is 13.9. The van der Waals surface area contributed by atoms with Crippen LogP contribution in [0.25, 0.3) is 0 Å². The van der Waals surface area contributed by atoms with Crippen LogP contribution in [0.2, 0.25) is 5.02 Å². The van der Waals surface area contributed by atoms with E-state index in [2.05, 4.69) is 28.1 Å². The lowest BCUT2D eigenvalue weighted by Crippen LogP contribution is -2.33. The van der Waals surface area contributed by atoms with Crippen LogP contribution in [0.15, 0.2) is 40.2 Å². The standard InChI is InChI=1S/C14H12BrCl3S/c15-13-6-5-12(19-13)7-14(8-16,9-17)10-1-3-11(18)4-2-10/h1-6H,7-9H2. The van der Waals surface area contributed by atoms with Crippen LogP contribution < -0.4 is 0 Å². The number of rotatable bonds is 5. The molecule has 0 spiro atoms. The van der Waals surface area contributed by atoms with Gasteiger partial charge in [-0.15, -0.1) is 34.5 Å². The van der Waals surface area contributed by atoms with Crippen LogP contribution in [0.3, 0.4) is 0 Å². The molecule has 0 saturated heterocycles. The fourth-order valence-electron chi connectivity index (χ4n) is 1.97. The van der Waals surface area contributed by atoms with Crippen molar-refractivity contribution in [2.45, 2.75) is 11.8 Å². The highest BCUT2D eigenvalue weighted by Gasteiger charge is 2.31. The second-order valence-corrected chi connectivity index (χ2v) is 7.96. The highest BCUT2D eigenvalue weighted by molar-refractivity contribution is 9.11. The van der Waals surface area contributed by atoms with E-state index in [9.17, 15) is 0 Å². The molecule has 0 atom stereocenters. The van der Waals surface area contributed by atoms with Gasteiger partial charge in [0.1, 0.15) is 0 Å². The number of hydrogen-bond donors (Lipinski definition) is 0. The summed E-state index contributed by atoms with van der Waals surface area (Å²) < 4.78 is 1.12. The van der Waals surface area contributed by atoms with Crippen LogP contribution in [0.1, 0.15) is 10.4 Å². The van der Waals surface area contributed by atoms with E-state index in [1.54, 1.807) is 11.3 Å². The summed E-state index contributed by atoms with van der Waals surface area (Å²) in [6.45, 7) is 0. The van der Waals surface area contributed by atoms with Crippen molar-refractivity contribution in [2.24, 2.45) is 0 Å². The molecule has 0 radical (unpaired) electrons. The van der Waals surface area contributed by atoms with Gasteiger partial charge in [-0.2, -0.15) is 0 Å². The average molecular weight is 399 g/mol. The van der Waals surface area contributed by atoms with Crippen LogP contribution in [-0.4, -0.2) is 11.8 Å². The second kappa shape index (κ2) is 6.82. The van der Waals surface area contributed by atoms with Gasteiger partial charge in [0, 0.05) is 27.1 Å². The SMILES string of the molecule is ClCC(CCl)(Cc1ccc(Br)s1)c1ccc(Cl)cc1. The van der Waals surface area contributed by atoms with E-state index in [1.807, 2.05) is 24.3 Å². The van der Waals surface area contributed by atoms with Gasteiger partial charge in [-0.05, 0) is 52.2 Å². The molecule has 0 N–H and O–H groups in total. The van der Waals surface area contributed by atoms with Crippen LogP contribution >= 0.6 is 62.1 Å². The summed E-state index contributed by atoms with van der Waals surface area (Å²) in [4.78, 5) is 1.27. The van der Waals surface area contributed by atoms with E-state index in [1.165, 1.54) is 4.88 Å². The Hall–Kier alpha value is 0.270. The van der Waals surface area contributed by atoms with E-state index in [-0.39, 0.29) is 5.41 Å². The van der Waals surface area contributed by atoms with Gasteiger partial charge in [-0.3, -0.25) is 0 Å². The first-order valence-electron chi connectivity index (χ1n) is 5.72. The van der Waals surface area contributed by atoms with E-state index >= 15 is 0 Å². The molecule has 1 aromatic heterocycles. The third-order valence-electron chi connectivity index (χ3n) is 3.11. The van der Waals surface area contributed by atoms with Crippen molar-refractivity contribution in [2.75, 3.05) is 11.8 Å². The van der Waals surface area contributed by atoms with Crippen molar-refractivity contribution < 1.29 is 0 Å². The number of benzene rings is 1. The molecule has 0 aliphatic rings. The van der Waals surface area contributed by atoms with E-state index < -0.39 is 0 Å². The Kier molecular flexibility index (Phi) is 5.62. The van der Waals surface area contributed by atoms with Crippen LogP contribution in [0.4, 0.5) is 0 Å². The number of halogens is 4. The minimum absolute atomic E-state index is 0.252. The van der Waals surface area contributed by atoms with Crippen LogP contribution in [0.5, 0.6) is 0 Å². The summed E-state index contributed by atoms with van der Waals surface area (Å²) in [6, 6.07) is 11.9. The summed E-state index contributed by atoms with van der Waals surface area (Å²) in [5.41, 5.74) is 0.879. The number of thiophene rings is 1. The predicted molar refractivity (Wildman–Crippen MR) is 90.3 cm³/mol. The third kappa shape index (κ3) is 3.68. The van der Waals surface area contributed by atoms with Gasteiger partial charge in [0.25, 0.3) is 0 Å². The first kappa shape index (κ1) is 15.7. The molecule has 0 aliphatic heterocycles. The number of hydrogen-bond acceptors (Lipinski definition) is 1. The highest BCUT2D eigenvalue weighted by Crippen LogP contribution is 2.35.